The second-order valence-corrected chi connectivity index (χ2v) is 7.45. The van der Waals surface area contributed by atoms with Gasteiger partial charge in [0.05, 0.1) is 0 Å². The smallest absolute Gasteiger partial charge is 0.406 e. The van der Waals surface area contributed by atoms with E-state index in [4.69, 9.17) is 5.73 Å². The molecular formula is C20H21F3N2O. The first-order chi connectivity index (χ1) is 12.4. The lowest BCUT2D eigenvalue weighted by molar-refractivity contribution is -0.274. The number of rotatable bonds is 4. The van der Waals surface area contributed by atoms with E-state index in [1.165, 1.54) is 17.8 Å². The molecule has 2 aromatic rings. The number of nitrogens with two attached hydrogens (primary N) is 1. The zero-order valence-corrected chi connectivity index (χ0v) is 14.3. The van der Waals surface area contributed by atoms with Gasteiger partial charge in [-0.05, 0) is 54.2 Å². The average Bonchev–Trinajstić information content (AvgIpc) is 2.53. The van der Waals surface area contributed by atoms with Crippen LogP contribution in [0.4, 0.5) is 18.9 Å². The van der Waals surface area contributed by atoms with Crippen LogP contribution >= 0.6 is 0 Å². The van der Waals surface area contributed by atoms with Gasteiger partial charge in [-0.3, -0.25) is 0 Å². The molecule has 0 unspecified atom stereocenters. The third-order valence-electron chi connectivity index (χ3n) is 5.53. The Kier molecular flexibility index (Phi) is 4.10. The number of nitrogens with zero attached hydrogens (tertiary/aromatic N) is 1. The zero-order valence-electron chi connectivity index (χ0n) is 14.3. The van der Waals surface area contributed by atoms with Crippen molar-refractivity contribution in [3.05, 3.63) is 59.7 Å². The van der Waals surface area contributed by atoms with Crippen molar-refractivity contribution in [2.75, 3.05) is 18.0 Å². The molecular weight excluding hydrogens is 341 g/mol. The number of hydrogen-bond donors (Lipinski definition) is 1. The summed E-state index contributed by atoms with van der Waals surface area (Å²) in [5.74, 6) is 0.266. The number of hydrogen-bond acceptors (Lipinski definition) is 3. The van der Waals surface area contributed by atoms with Gasteiger partial charge < -0.3 is 15.4 Å². The molecule has 6 heteroatoms. The summed E-state index contributed by atoms with van der Waals surface area (Å²) in [7, 11) is 0. The van der Waals surface area contributed by atoms with Gasteiger partial charge in [-0.25, -0.2) is 0 Å². The molecule has 0 radical (unpaired) electrons. The van der Waals surface area contributed by atoms with Crippen LogP contribution in [0.25, 0.3) is 0 Å². The summed E-state index contributed by atoms with van der Waals surface area (Å²) < 4.78 is 40.6. The zero-order chi connectivity index (χ0) is 18.4. The highest BCUT2D eigenvalue weighted by molar-refractivity contribution is 5.52. The van der Waals surface area contributed by atoms with Crippen molar-refractivity contribution >= 4 is 5.69 Å². The number of anilines is 1. The molecule has 0 amide bonds. The third kappa shape index (κ3) is 3.38. The van der Waals surface area contributed by atoms with Gasteiger partial charge >= 0.3 is 6.36 Å². The molecule has 0 atom stereocenters. The Morgan fingerprint density at radius 1 is 1.00 bits per heavy atom. The SMILES string of the molecule is NCc1ccc(N2CC3(CC(c4ccc(OC(F)(F)F)cc4)C3)C2)cc1. The van der Waals surface area contributed by atoms with Crippen LogP contribution in [0, 0.1) is 5.41 Å². The number of ether oxygens (including phenoxy) is 1. The second-order valence-electron chi connectivity index (χ2n) is 7.45. The standard InChI is InChI=1S/C20H21F3N2O/c21-20(22,23)26-18-7-3-15(4-8-18)16-9-19(10-16)12-25(13-19)17-5-1-14(11-24)2-6-17/h1-8,16H,9-13,24H2. The summed E-state index contributed by atoms with van der Waals surface area (Å²) in [5.41, 5.74) is 9.44. The maximum atomic E-state index is 12.2. The van der Waals surface area contributed by atoms with Crippen LogP contribution in [0.5, 0.6) is 5.75 Å². The molecule has 4 rings (SSSR count). The monoisotopic (exact) mass is 362 g/mol. The molecule has 138 valence electrons. The van der Waals surface area contributed by atoms with E-state index in [0.29, 0.717) is 17.9 Å². The number of alkyl halides is 3. The Bertz CT molecular complexity index is 757. The average molecular weight is 362 g/mol. The van der Waals surface area contributed by atoms with Gasteiger partial charge in [-0.15, -0.1) is 13.2 Å². The summed E-state index contributed by atoms with van der Waals surface area (Å²) in [4.78, 5) is 2.37. The van der Waals surface area contributed by atoms with Gasteiger partial charge in [-0.1, -0.05) is 24.3 Å². The van der Waals surface area contributed by atoms with E-state index < -0.39 is 6.36 Å². The van der Waals surface area contributed by atoms with Crippen molar-refractivity contribution in [1.29, 1.82) is 0 Å². The predicted octanol–water partition coefficient (Wildman–Crippen LogP) is 4.43. The molecule has 1 saturated heterocycles. The Labute approximate surface area is 150 Å². The Morgan fingerprint density at radius 2 is 1.62 bits per heavy atom. The minimum atomic E-state index is -4.64. The molecule has 1 aliphatic carbocycles. The Hall–Kier alpha value is -2.21. The molecule has 26 heavy (non-hydrogen) atoms. The van der Waals surface area contributed by atoms with Crippen LogP contribution < -0.4 is 15.4 Å². The van der Waals surface area contributed by atoms with Crippen molar-refractivity contribution in [3.8, 4) is 5.75 Å². The molecule has 2 aliphatic rings. The highest BCUT2D eigenvalue weighted by Crippen LogP contribution is 2.56. The van der Waals surface area contributed by atoms with Crippen molar-refractivity contribution in [1.82, 2.24) is 0 Å². The van der Waals surface area contributed by atoms with E-state index in [1.807, 2.05) is 0 Å². The van der Waals surface area contributed by atoms with E-state index in [9.17, 15) is 13.2 Å². The van der Waals surface area contributed by atoms with Crippen molar-refractivity contribution in [3.63, 3.8) is 0 Å². The topological polar surface area (TPSA) is 38.5 Å². The first-order valence-electron chi connectivity index (χ1n) is 8.76. The highest BCUT2D eigenvalue weighted by Gasteiger charge is 2.52. The summed E-state index contributed by atoms with van der Waals surface area (Å²) in [5, 5.41) is 0. The number of benzene rings is 2. The lowest BCUT2D eigenvalue weighted by atomic mass is 9.56. The summed E-state index contributed by atoms with van der Waals surface area (Å²) in [6, 6.07) is 14.7. The molecule has 2 fully saturated rings. The molecule has 0 bridgehead atoms. The van der Waals surface area contributed by atoms with Gasteiger partial charge in [0.1, 0.15) is 5.75 Å². The van der Waals surface area contributed by atoms with E-state index in [2.05, 4.69) is 33.9 Å². The first-order valence-corrected chi connectivity index (χ1v) is 8.76. The maximum Gasteiger partial charge on any atom is 0.573 e. The fourth-order valence-corrected chi connectivity index (χ4v) is 4.21. The molecule has 1 aliphatic heterocycles. The first kappa shape index (κ1) is 17.2. The van der Waals surface area contributed by atoms with Crippen LogP contribution in [0.2, 0.25) is 0 Å². The van der Waals surface area contributed by atoms with E-state index >= 15 is 0 Å². The lowest BCUT2D eigenvalue weighted by Gasteiger charge is -2.60. The van der Waals surface area contributed by atoms with E-state index in [1.54, 1.807) is 12.1 Å². The largest absolute Gasteiger partial charge is 0.573 e. The molecule has 2 aromatic carbocycles. The minimum absolute atomic E-state index is 0.161. The van der Waals surface area contributed by atoms with E-state index in [-0.39, 0.29) is 5.75 Å². The van der Waals surface area contributed by atoms with Gasteiger partial charge in [0.25, 0.3) is 0 Å². The summed E-state index contributed by atoms with van der Waals surface area (Å²) in [6.07, 6.45) is -2.46. The van der Waals surface area contributed by atoms with Gasteiger partial charge in [0.2, 0.25) is 0 Å². The Morgan fingerprint density at radius 3 is 2.15 bits per heavy atom. The van der Waals surface area contributed by atoms with E-state index in [0.717, 1.165) is 37.1 Å². The van der Waals surface area contributed by atoms with Gasteiger partial charge in [-0.2, -0.15) is 0 Å². The third-order valence-corrected chi connectivity index (χ3v) is 5.53. The number of halogens is 3. The molecule has 1 saturated carbocycles. The normalized spacial score (nSPS) is 19.2. The fraction of sp³-hybridized carbons (Fsp3) is 0.400. The van der Waals surface area contributed by atoms with Crippen LogP contribution in [-0.4, -0.2) is 19.5 Å². The predicted molar refractivity (Wildman–Crippen MR) is 94.1 cm³/mol. The molecule has 1 heterocycles. The molecule has 0 aromatic heterocycles. The fourth-order valence-electron chi connectivity index (χ4n) is 4.21. The second kappa shape index (κ2) is 6.20. The van der Waals surface area contributed by atoms with Crippen LogP contribution in [0.3, 0.4) is 0 Å². The molecule has 3 nitrogen and oxygen atoms in total. The molecule has 1 spiro atoms. The lowest BCUT2D eigenvalue weighted by Crippen LogP contribution is -2.61. The molecule has 2 N–H and O–H groups in total. The van der Waals surface area contributed by atoms with Gasteiger partial charge in [0, 0.05) is 30.7 Å². The van der Waals surface area contributed by atoms with Crippen LogP contribution in [0.1, 0.15) is 29.9 Å². The quantitative estimate of drug-likeness (QED) is 0.875. The minimum Gasteiger partial charge on any atom is -0.406 e. The summed E-state index contributed by atoms with van der Waals surface area (Å²) in [6.45, 7) is 2.64. The van der Waals surface area contributed by atoms with Crippen molar-refractivity contribution in [2.45, 2.75) is 31.7 Å². The van der Waals surface area contributed by atoms with Gasteiger partial charge in [0.15, 0.2) is 0 Å². The highest BCUT2D eigenvalue weighted by atomic mass is 19.4. The van der Waals surface area contributed by atoms with Crippen molar-refractivity contribution < 1.29 is 17.9 Å². The Balaban J connectivity index is 1.30. The maximum absolute atomic E-state index is 12.2. The van der Waals surface area contributed by atoms with Crippen molar-refractivity contribution in [2.24, 2.45) is 11.1 Å². The van der Waals surface area contributed by atoms with Crippen LogP contribution in [0.15, 0.2) is 48.5 Å². The summed E-state index contributed by atoms with van der Waals surface area (Å²) >= 11 is 0. The van der Waals surface area contributed by atoms with Crippen LogP contribution in [-0.2, 0) is 6.54 Å².